The molecule has 0 saturated carbocycles. The van der Waals surface area contributed by atoms with Crippen molar-refractivity contribution in [2.75, 3.05) is 39.9 Å². The molecule has 0 aliphatic carbocycles. The van der Waals surface area contributed by atoms with Gasteiger partial charge in [-0.25, -0.2) is 4.79 Å². The number of rotatable bonds is 9. The van der Waals surface area contributed by atoms with Crippen LogP contribution in [0.2, 0.25) is 0 Å². The van der Waals surface area contributed by atoms with Gasteiger partial charge in [0.1, 0.15) is 0 Å². The molecule has 0 spiro atoms. The maximum absolute atomic E-state index is 11.8. The summed E-state index contributed by atoms with van der Waals surface area (Å²) in [6.45, 7) is 7.79. The van der Waals surface area contributed by atoms with Crippen molar-refractivity contribution in [3.63, 3.8) is 0 Å². The van der Waals surface area contributed by atoms with Gasteiger partial charge in [0, 0.05) is 20.2 Å². The lowest BCUT2D eigenvalue weighted by Crippen LogP contribution is -2.43. The minimum atomic E-state index is -0.153. The van der Waals surface area contributed by atoms with Crippen LogP contribution in [-0.2, 0) is 4.74 Å². The Balaban J connectivity index is 2.60. The number of urea groups is 1. The van der Waals surface area contributed by atoms with Gasteiger partial charge in [-0.1, -0.05) is 44.2 Å². The molecule has 1 atom stereocenters. The Morgan fingerprint density at radius 3 is 2.43 bits per heavy atom. The van der Waals surface area contributed by atoms with Gasteiger partial charge in [0.15, 0.2) is 0 Å². The van der Waals surface area contributed by atoms with E-state index in [1.807, 2.05) is 18.2 Å². The van der Waals surface area contributed by atoms with Crippen molar-refractivity contribution in [3.05, 3.63) is 35.9 Å². The highest BCUT2D eigenvalue weighted by atomic mass is 16.5. The first-order valence-corrected chi connectivity index (χ1v) is 7.52. The first kappa shape index (κ1) is 17.5. The Labute approximate surface area is 127 Å². The summed E-state index contributed by atoms with van der Waals surface area (Å²) < 4.78 is 4.91. The van der Waals surface area contributed by atoms with Gasteiger partial charge in [0.25, 0.3) is 0 Å². The number of nitrogens with zero attached hydrogens (tertiary/aromatic N) is 1. The predicted octanol–water partition coefficient (Wildman–Crippen LogP) is 2.02. The van der Waals surface area contributed by atoms with Gasteiger partial charge in [0.05, 0.1) is 12.6 Å². The number of hydrogen-bond acceptors (Lipinski definition) is 3. The van der Waals surface area contributed by atoms with Crippen LogP contribution in [0.4, 0.5) is 4.79 Å². The molecule has 5 heteroatoms. The predicted molar refractivity (Wildman–Crippen MR) is 85.4 cm³/mol. The van der Waals surface area contributed by atoms with Crippen LogP contribution in [0, 0.1) is 0 Å². The first-order valence-electron chi connectivity index (χ1n) is 7.52. The maximum Gasteiger partial charge on any atom is 0.314 e. The van der Waals surface area contributed by atoms with Crippen molar-refractivity contribution >= 4 is 6.03 Å². The highest BCUT2D eigenvalue weighted by Crippen LogP contribution is 2.19. The Morgan fingerprint density at radius 2 is 1.86 bits per heavy atom. The van der Waals surface area contributed by atoms with Gasteiger partial charge >= 0.3 is 6.03 Å². The van der Waals surface area contributed by atoms with Crippen molar-refractivity contribution < 1.29 is 9.53 Å². The summed E-state index contributed by atoms with van der Waals surface area (Å²) in [5, 5.41) is 5.71. The van der Waals surface area contributed by atoms with Crippen molar-refractivity contribution in [1.82, 2.24) is 15.5 Å². The third-order valence-electron chi connectivity index (χ3n) is 3.49. The second kappa shape index (κ2) is 10.2. The van der Waals surface area contributed by atoms with Crippen LogP contribution >= 0.6 is 0 Å². The number of carbonyl (C=O) groups excluding carboxylic acids is 1. The van der Waals surface area contributed by atoms with Crippen LogP contribution in [0.1, 0.15) is 25.5 Å². The largest absolute Gasteiger partial charge is 0.383 e. The van der Waals surface area contributed by atoms with Gasteiger partial charge in [-0.3, -0.25) is 4.90 Å². The number of nitrogens with one attached hydrogen (secondary N) is 2. The van der Waals surface area contributed by atoms with Gasteiger partial charge < -0.3 is 15.4 Å². The van der Waals surface area contributed by atoms with E-state index in [-0.39, 0.29) is 12.1 Å². The number of carbonyl (C=O) groups is 1. The molecule has 2 N–H and O–H groups in total. The third kappa shape index (κ3) is 6.14. The summed E-state index contributed by atoms with van der Waals surface area (Å²) in [7, 11) is 1.62. The summed E-state index contributed by atoms with van der Waals surface area (Å²) in [6, 6.07) is 10.3. The van der Waals surface area contributed by atoms with E-state index in [4.69, 9.17) is 4.74 Å². The van der Waals surface area contributed by atoms with E-state index < -0.39 is 0 Å². The Bertz CT molecular complexity index is 394. The number of hydrogen-bond donors (Lipinski definition) is 2. The van der Waals surface area contributed by atoms with Crippen LogP contribution < -0.4 is 10.6 Å². The Kier molecular flexibility index (Phi) is 8.47. The smallest absolute Gasteiger partial charge is 0.314 e. The van der Waals surface area contributed by atoms with E-state index in [1.165, 1.54) is 5.56 Å². The zero-order valence-electron chi connectivity index (χ0n) is 13.3. The fourth-order valence-electron chi connectivity index (χ4n) is 2.32. The van der Waals surface area contributed by atoms with Crippen LogP contribution in [0.5, 0.6) is 0 Å². The molecular weight excluding hydrogens is 266 g/mol. The van der Waals surface area contributed by atoms with E-state index in [9.17, 15) is 4.79 Å². The minimum Gasteiger partial charge on any atom is -0.383 e. The quantitative estimate of drug-likeness (QED) is 0.685. The van der Waals surface area contributed by atoms with E-state index in [0.717, 1.165) is 13.1 Å². The SMILES string of the molecule is CCN(CC)C(CNC(=O)NCCOC)c1ccccc1. The van der Waals surface area contributed by atoms with Gasteiger partial charge in [0.2, 0.25) is 0 Å². The van der Waals surface area contributed by atoms with Crippen LogP contribution in [-0.4, -0.2) is 50.8 Å². The zero-order chi connectivity index (χ0) is 15.5. The number of likely N-dealkylation sites (N-methyl/N-ethyl adjacent to an activating group) is 1. The topological polar surface area (TPSA) is 53.6 Å². The summed E-state index contributed by atoms with van der Waals surface area (Å²) in [5.41, 5.74) is 1.22. The van der Waals surface area contributed by atoms with Gasteiger partial charge in [-0.15, -0.1) is 0 Å². The summed E-state index contributed by atoms with van der Waals surface area (Å²) in [5.74, 6) is 0. The highest BCUT2D eigenvalue weighted by Gasteiger charge is 2.18. The average Bonchev–Trinajstić information content (AvgIpc) is 2.52. The van der Waals surface area contributed by atoms with Crippen LogP contribution in [0.15, 0.2) is 30.3 Å². The average molecular weight is 293 g/mol. The summed E-state index contributed by atoms with van der Waals surface area (Å²) in [4.78, 5) is 14.1. The Hall–Kier alpha value is -1.59. The van der Waals surface area contributed by atoms with Gasteiger partial charge in [-0.05, 0) is 18.7 Å². The van der Waals surface area contributed by atoms with E-state index in [2.05, 4.69) is 41.5 Å². The summed E-state index contributed by atoms with van der Waals surface area (Å²) in [6.07, 6.45) is 0. The normalized spacial score (nSPS) is 12.2. The number of ether oxygens (including phenoxy) is 1. The molecule has 1 rings (SSSR count). The van der Waals surface area contributed by atoms with Crippen molar-refractivity contribution in [2.24, 2.45) is 0 Å². The number of methoxy groups -OCH3 is 1. The van der Waals surface area contributed by atoms with E-state index in [1.54, 1.807) is 7.11 Å². The molecule has 0 aromatic heterocycles. The van der Waals surface area contributed by atoms with Crippen LogP contribution in [0.3, 0.4) is 0 Å². The molecule has 0 heterocycles. The zero-order valence-corrected chi connectivity index (χ0v) is 13.3. The monoisotopic (exact) mass is 293 g/mol. The first-order chi connectivity index (χ1) is 10.2. The number of amides is 2. The van der Waals surface area contributed by atoms with E-state index >= 15 is 0 Å². The fraction of sp³-hybridized carbons (Fsp3) is 0.562. The minimum absolute atomic E-state index is 0.153. The lowest BCUT2D eigenvalue weighted by Gasteiger charge is -2.30. The molecule has 118 valence electrons. The molecule has 0 radical (unpaired) electrons. The molecule has 0 fully saturated rings. The second-order valence-corrected chi connectivity index (χ2v) is 4.78. The lowest BCUT2D eigenvalue weighted by molar-refractivity contribution is 0.191. The van der Waals surface area contributed by atoms with Gasteiger partial charge in [-0.2, -0.15) is 0 Å². The van der Waals surface area contributed by atoms with E-state index in [0.29, 0.717) is 19.7 Å². The summed E-state index contributed by atoms with van der Waals surface area (Å²) >= 11 is 0. The maximum atomic E-state index is 11.8. The molecular formula is C16H27N3O2. The molecule has 0 saturated heterocycles. The lowest BCUT2D eigenvalue weighted by atomic mass is 10.1. The van der Waals surface area contributed by atoms with Crippen molar-refractivity contribution in [1.29, 1.82) is 0 Å². The third-order valence-corrected chi connectivity index (χ3v) is 3.49. The molecule has 2 amide bonds. The van der Waals surface area contributed by atoms with Crippen molar-refractivity contribution in [2.45, 2.75) is 19.9 Å². The molecule has 1 unspecified atom stereocenters. The molecule has 21 heavy (non-hydrogen) atoms. The fourth-order valence-corrected chi connectivity index (χ4v) is 2.32. The van der Waals surface area contributed by atoms with Crippen molar-refractivity contribution in [3.8, 4) is 0 Å². The number of benzene rings is 1. The molecule has 5 nitrogen and oxygen atoms in total. The molecule has 0 bridgehead atoms. The second-order valence-electron chi connectivity index (χ2n) is 4.78. The molecule has 1 aromatic rings. The Morgan fingerprint density at radius 1 is 1.19 bits per heavy atom. The molecule has 0 aliphatic rings. The molecule has 0 aliphatic heterocycles. The highest BCUT2D eigenvalue weighted by molar-refractivity contribution is 5.73. The molecule has 1 aromatic carbocycles. The van der Waals surface area contributed by atoms with Crippen LogP contribution in [0.25, 0.3) is 0 Å². The standard InChI is InChI=1S/C16H27N3O2/c1-4-19(5-2)15(14-9-7-6-8-10-14)13-18-16(20)17-11-12-21-3/h6-10,15H,4-5,11-13H2,1-3H3,(H2,17,18,20).